The van der Waals surface area contributed by atoms with Crippen molar-refractivity contribution in [1.29, 1.82) is 0 Å². The molecule has 32 heavy (non-hydrogen) atoms. The molecule has 3 rings (SSSR count). The summed E-state index contributed by atoms with van der Waals surface area (Å²) in [5, 5.41) is 0. The first kappa shape index (κ1) is 23.6. The van der Waals surface area contributed by atoms with Gasteiger partial charge in [-0.2, -0.15) is 0 Å². The largest absolute Gasteiger partial charge is 0.494 e. The third-order valence-corrected chi connectivity index (χ3v) is 5.66. The lowest BCUT2D eigenvalue weighted by Crippen LogP contribution is -2.35. The van der Waals surface area contributed by atoms with E-state index < -0.39 is 0 Å². The molecule has 0 saturated carbocycles. The summed E-state index contributed by atoms with van der Waals surface area (Å²) in [4.78, 5) is 30.4. The van der Waals surface area contributed by atoms with E-state index in [0.717, 1.165) is 42.6 Å². The van der Waals surface area contributed by atoms with Crippen LogP contribution in [0.4, 0.5) is 0 Å². The number of carbonyl (C=O) groups is 2. The van der Waals surface area contributed by atoms with Crippen molar-refractivity contribution in [2.24, 2.45) is 0 Å². The van der Waals surface area contributed by atoms with Gasteiger partial charge in [-0.15, -0.1) is 0 Å². The zero-order valence-corrected chi connectivity index (χ0v) is 19.5. The lowest BCUT2D eigenvalue weighted by molar-refractivity contribution is -0.137. The number of amides is 2. The molecule has 0 aromatic heterocycles. The van der Waals surface area contributed by atoms with Crippen molar-refractivity contribution in [3.63, 3.8) is 0 Å². The number of likely N-dealkylation sites (N-methyl/N-ethyl adjacent to an activating group) is 1. The van der Waals surface area contributed by atoms with Gasteiger partial charge in [-0.3, -0.25) is 14.5 Å². The van der Waals surface area contributed by atoms with Crippen molar-refractivity contribution in [2.75, 3.05) is 19.7 Å². The molecule has 0 radical (unpaired) electrons. The van der Waals surface area contributed by atoms with Crippen LogP contribution in [0.2, 0.25) is 0 Å². The summed E-state index contributed by atoms with van der Waals surface area (Å²) >= 11 is 0. The minimum absolute atomic E-state index is 0.190. The number of unbranched alkanes of at least 4 members (excludes halogenated alkanes) is 2. The maximum atomic E-state index is 13.5. The number of nitrogens with zero attached hydrogens (tertiary/aromatic N) is 2. The van der Waals surface area contributed by atoms with Crippen molar-refractivity contribution in [3.05, 3.63) is 71.4 Å². The highest BCUT2D eigenvalue weighted by Crippen LogP contribution is 2.33. The van der Waals surface area contributed by atoms with Crippen molar-refractivity contribution in [3.8, 4) is 5.75 Å². The maximum absolute atomic E-state index is 13.5. The van der Waals surface area contributed by atoms with Crippen LogP contribution in [0.5, 0.6) is 5.75 Å². The van der Waals surface area contributed by atoms with Gasteiger partial charge in [0.2, 0.25) is 0 Å². The first-order valence-electron chi connectivity index (χ1n) is 11.7. The quantitative estimate of drug-likeness (QED) is 0.337. The van der Waals surface area contributed by atoms with Gasteiger partial charge in [0, 0.05) is 19.6 Å². The Labute approximate surface area is 191 Å². The molecule has 5 heteroatoms. The average Bonchev–Trinajstić information content (AvgIpc) is 3.07. The van der Waals surface area contributed by atoms with Gasteiger partial charge in [0.05, 0.1) is 12.2 Å². The number of ether oxygens (including phenoxy) is 1. The highest BCUT2D eigenvalue weighted by molar-refractivity contribution is 6.35. The molecule has 1 heterocycles. The van der Waals surface area contributed by atoms with E-state index in [-0.39, 0.29) is 11.8 Å². The molecule has 0 bridgehead atoms. The van der Waals surface area contributed by atoms with Crippen molar-refractivity contribution in [1.82, 2.24) is 9.80 Å². The molecule has 1 aliphatic heterocycles. The van der Waals surface area contributed by atoms with Crippen LogP contribution >= 0.6 is 0 Å². The molecular weight excluding hydrogens is 400 g/mol. The van der Waals surface area contributed by atoms with Crippen LogP contribution in [0.1, 0.15) is 57.6 Å². The van der Waals surface area contributed by atoms with Crippen LogP contribution < -0.4 is 4.74 Å². The number of imide groups is 1. The van der Waals surface area contributed by atoms with Crippen LogP contribution in [0.15, 0.2) is 60.3 Å². The van der Waals surface area contributed by atoms with Gasteiger partial charge in [0.1, 0.15) is 11.4 Å². The Balaban J connectivity index is 1.97. The third kappa shape index (κ3) is 5.39. The third-order valence-electron chi connectivity index (χ3n) is 5.66. The molecule has 2 aromatic carbocycles. The molecule has 2 amide bonds. The predicted molar refractivity (Wildman–Crippen MR) is 128 cm³/mol. The molecule has 0 fully saturated rings. The second-order valence-corrected chi connectivity index (χ2v) is 8.07. The normalized spacial score (nSPS) is 13.8. The minimum atomic E-state index is -0.199. The molecule has 1 aliphatic rings. The number of benzene rings is 2. The highest BCUT2D eigenvalue weighted by Gasteiger charge is 2.40. The zero-order valence-electron chi connectivity index (χ0n) is 19.5. The summed E-state index contributed by atoms with van der Waals surface area (Å²) in [6, 6.07) is 17.6. The van der Waals surface area contributed by atoms with Crippen LogP contribution in [0.3, 0.4) is 0 Å². The van der Waals surface area contributed by atoms with E-state index in [1.807, 2.05) is 66.4 Å². The summed E-state index contributed by atoms with van der Waals surface area (Å²) in [6.07, 6.45) is 3.79. The molecule has 0 N–H and O–H groups in total. The second-order valence-electron chi connectivity index (χ2n) is 8.07. The molecule has 0 spiro atoms. The van der Waals surface area contributed by atoms with Crippen LogP contribution in [-0.2, 0) is 16.1 Å². The second kappa shape index (κ2) is 11.5. The van der Waals surface area contributed by atoms with Crippen LogP contribution in [-0.4, -0.2) is 41.3 Å². The summed E-state index contributed by atoms with van der Waals surface area (Å²) in [5.41, 5.74) is 2.85. The van der Waals surface area contributed by atoms with Crippen molar-refractivity contribution >= 4 is 17.4 Å². The van der Waals surface area contributed by atoms with Crippen LogP contribution in [0, 0.1) is 0 Å². The Kier molecular flexibility index (Phi) is 8.48. The van der Waals surface area contributed by atoms with E-state index in [1.54, 1.807) is 0 Å². The van der Waals surface area contributed by atoms with Gasteiger partial charge in [-0.05, 0) is 43.0 Å². The van der Waals surface area contributed by atoms with Gasteiger partial charge in [0.15, 0.2) is 0 Å². The Morgan fingerprint density at radius 3 is 2.19 bits per heavy atom. The lowest BCUT2D eigenvalue weighted by Gasteiger charge is -2.25. The molecule has 0 saturated heterocycles. The lowest BCUT2D eigenvalue weighted by atomic mass is 10.0. The summed E-state index contributed by atoms with van der Waals surface area (Å²) in [6.45, 7) is 8.52. The van der Waals surface area contributed by atoms with Gasteiger partial charge in [0.25, 0.3) is 11.8 Å². The van der Waals surface area contributed by atoms with Crippen molar-refractivity contribution < 1.29 is 14.3 Å². The first-order valence-corrected chi connectivity index (χ1v) is 11.7. The number of hydrogen-bond acceptors (Lipinski definition) is 4. The Morgan fingerprint density at radius 1 is 0.844 bits per heavy atom. The van der Waals surface area contributed by atoms with Gasteiger partial charge >= 0.3 is 0 Å². The van der Waals surface area contributed by atoms with E-state index in [1.165, 1.54) is 4.90 Å². The van der Waals surface area contributed by atoms with Crippen molar-refractivity contribution in [2.45, 2.75) is 53.0 Å². The summed E-state index contributed by atoms with van der Waals surface area (Å²) in [5.74, 6) is 0.381. The van der Waals surface area contributed by atoms with E-state index >= 15 is 0 Å². The van der Waals surface area contributed by atoms with E-state index in [0.29, 0.717) is 37.5 Å². The van der Waals surface area contributed by atoms with Gasteiger partial charge in [-0.25, -0.2) is 0 Å². The summed E-state index contributed by atoms with van der Waals surface area (Å²) in [7, 11) is 0. The molecule has 0 atom stereocenters. The Bertz CT molecular complexity index is 935. The van der Waals surface area contributed by atoms with E-state index in [2.05, 4.69) is 13.8 Å². The fourth-order valence-electron chi connectivity index (χ4n) is 3.93. The summed E-state index contributed by atoms with van der Waals surface area (Å²) < 4.78 is 5.69. The topological polar surface area (TPSA) is 49.9 Å². The minimum Gasteiger partial charge on any atom is -0.494 e. The number of rotatable bonds is 12. The zero-order chi connectivity index (χ0) is 22.9. The molecular formula is C27H34N2O3. The van der Waals surface area contributed by atoms with Gasteiger partial charge in [-0.1, -0.05) is 69.2 Å². The SMILES string of the molecule is CCCCCN1C(=O)C(c2ccc(OCCC)cc2)=C(N(CC)Cc2ccccc2)C1=O. The monoisotopic (exact) mass is 434 g/mol. The molecule has 5 nitrogen and oxygen atoms in total. The van der Waals surface area contributed by atoms with Crippen LogP contribution in [0.25, 0.3) is 5.57 Å². The molecule has 170 valence electrons. The van der Waals surface area contributed by atoms with E-state index in [9.17, 15) is 9.59 Å². The standard InChI is InChI=1S/C27H34N2O3/c1-4-7-11-18-29-26(30)24(22-14-16-23(17-15-22)32-19-5-2)25(27(29)31)28(6-3)20-21-12-9-8-10-13-21/h8-10,12-17H,4-7,11,18-20H2,1-3H3. The maximum Gasteiger partial charge on any atom is 0.277 e. The molecule has 2 aromatic rings. The Hall–Kier alpha value is -3.08. The smallest absolute Gasteiger partial charge is 0.277 e. The average molecular weight is 435 g/mol. The fourth-order valence-corrected chi connectivity index (χ4v) is 3.93. The Morgan fingerprint density at radius 2 is 1.56 bits per heavy atom. The van der Waals surface area contributed by atoms with Gasteiger partial charge < -0.3 is 9.64 Å². The predicted octanol–water partition coefficient (Wildman–Crippen LogP) is 5.27. The number of hydrogen-bond donors (Lipinski definition) is 0. The highest BCUT2D eigenvalue weighted by atomic mass is 16.5. The number of carbonyl (C=O) groups excluding carboxylic acids is 2. The van der Waals surface area contributed by atoms with E-state index in [4.69, 9.17) is 4.74 Å². The fraction of sp³-hybridized carbons (Fsp3) is 0.407. The molecule has 0 unspecified atom stereocenters. The first-order chi connectivity index (χ1) is 15.6. The molecule has 0 aliphatic carbocycles.